The first-order valence-electron chi connectivity index (χ1n) is 5.95. The summed E-state index contributed by atoms with van der Waals surface area (Å²) < 4.78 is 12.3. The third-order valence-corrected chi connectivity index (χ3v) is 3.32. The summed E-state index contributed by atoms with van der Waals surface area (Å²) in [5.74, 6) is 1.46. The summed E-state index contributed by atoms with van der Waals surface area (Å²) in [5.41, 5.74) is 2.33. The molecule has 0 aliphatic heterocycles. The van der Waals surface area contributed by atoms with E-state index in [9.17, 15) is 0 Å². The number of aromatic nitrogens is 3. The smallest absolute Gasteiger partial charge is 0.154 e. The highest BCUT2D eigenvalue weighted by molar-refractivity contribution is 6.32. The second-order valence-corrected chi connectivity index (χ2v) is 4.50. The fourth-order valence-corrected chi connectivity index (χ4v) is 2.23. The molecular formula is C14H12ClN3O2. The number of ether oxygens (including phenoxy) is 2. The van der Waals surface area contributed by atoms with Crippen LogP contribution in [0.25, 0.3) is 16.8 Å². The molecule has 1 aromatic carbocycles. The first-order chi connectivity index (χ1) is 9.72. The molecule has 5 nitrogen and oxygen atoms in total. The molecule has 0 atom stereocenters. The third kappa shape index (κ3) is 2.06. The van der Waals surface area contributed by atoms with E-state index >= 15 is 0 Å². The zero-order valence-electron chi connectivity index (χ0n) is 11.0. The number of fused-ring (bicyclic) bond motifs is 1. The van der Waals surface area contributed by atoms with Crippen molar-refractivity contribution in [1.29, 1.82) is 0 Å². The molecule has 102 valence electrons. The van der Waals surface area contributed by atoms with Gasteiger partial charge in [-0.05, 0) is 24.3 Å². The highest BCUT2D eigenvalue weighted by Crippen LogP contribution is 2.33. The largest absolute Gasteiger partial charge is 0.497 e. The molecule has 3 rings (SSSR count). The number of nitrogens with zero attached hydrogens (tertiary/aromatic N) is 3. The number of hydrogen-bond donors (Lipinski definition) is 0. The average molecular weight is 290 g/mol. The predicted octanol–water partition coefficient (Wildman–Crippen LogP) is 3.07. The fourth-order valence-electron chi connectivity index (χ4n) is 2.04. The molecule has 0 radical (unpaired) electrons. The van der Waals surface area contributed by atoms with Gasteiger partial charge in [-0.15, -0.1) is 0 Å². The summed E-state index contributed by atoms with van der Waals surface area (Å²) in [7, 11) is 3.24. The summed E-state index contributed by atoms with van der Waals surface area (Å²) in [4.78, 5) is 4.04. The second kappa shape index (κ2) is 5.02. The molecule has 2 heterocycles. The maximum atomic E-state index is 6.06. The summed E-state index contributed by atoms with van der Waals surface area (Å²) in [5, 5.41) is 4.89. The van der Waals surface area contributed by atoms with Crippen molar-refractivity contribution in [3.8, 4) is 22.8 Å². The van der Waals surface area contributed by atoms with Crippen molar-refractivity contribution in [2.45, 2.75) is 0 Å². The SMILES string of the molecule is COc1ccc(OC)c(-c2cc3c(Cl)nccn3n2)c1. The van der Waals surface area contributed by atoms with E-state index < -0.39 is 0 Å². The molecule has 0 aliphatic carbocycles. The lowest BCUT2D eigenvalue weighted by molar-refractivity contribution is 0.404. The Hall–Kier alpha value is -2.27. The molecule has 3 aromatic rings. The first-order valence-corrected chi connectivity index (χ1v) is 6.33. The molecule has 2 aromatic heterocycles. The van der Waals surface area contributed by atoms with Crippen LogP contribution in [0.3, 0.4) is 0 Å². The lowest BCUT2D eigenvalue weighted by atomic mass is 10.1. The van der Waals surface area contributed by atoms with Gasteiger partial charge in [0.1, 0.15) is 17.0 Å². The number of halogens is 1. The summed E-state index contributed by atoms with van der Waals surface area (Å²) >= 11 is 6.06. The molecule has 0 N–H and O–H groups in total. The maximum Gasteiger partial charge on any atom is 0.154 e. The van der Waals surface area contributed by atoms with Crippen LogP contribution in [0.5, 0.6) is 11.5 Å². The van der Waals surface area contributed by atoms with Crippen LogP contribution in [0.4, 0.5) is 0 Å². The number of rotatable bonds is 3. The topological polar surface area (TPSA) is 48.7 Å². The Bertz CT molecular complexity index is 770. The molecular weight excluding hydrogens is 278 g/mol. The molecule has 0 spiro atoms. The van der Waals surface area contributed by atoms with Gasteiger partial charge in [-0.25, -0.2) is 9.50 Å². The maximum absolute atomic E-state index is 6.06. The molecule has 0 unspecified atom stereocenters. The van der Waals surface area contributed by atoms with Crippen LogP contribution in [-0.2, 0) is 0 Å². The Balaban J connectivity index is 2.21. The van der Waals surface area contributed by atoms with Gasteiger partial charge in [0, 0.05) is 18.0 Å². The van der Waals surface area contributed by atoms with Gasteiger partial charge in [0.15, 0.2) is 5.15 Å². The van der Waals surface area contributed by atoms with Crippen molar-refractivity contribution in [1.82, 2.24) is 14.6 Å². The van der Waals surface area contributed by atoms with E-state index in [1.807, 2.05) is 24.3 Å². The van der Waals surface area contributed by atoms with E-state index in [1.54, 1.807) is 31.1 Å². The standard InChI is InChI=1S/C14H12ClN3O2/c1-19-9-3-4-13(20-2)10(7-9)11-8-12-14(15)16-5-6-18(12)17-11/h3-8H,1-2H3. The van der Waals surface area contributed by atoms with Crippen LogP contribution in [0.1, 0.15) is 0 Å². The van der Waals surface area contributed by atoms with E-state index in [4.69, 9.17) is 21.1 Å². The molecule has 0 saturated heterocycles. The minimum Gasteiger partial charge on any atom is -0.497 e. The quantitative estimate of drug-likeness (QED) is 0.743. The van der Waals surface area contributed by atoms with E-state index in [0.717, 1.165) is 28.3 Å². The Kier molecular flexibility index (Phi) is 3.20. The van der Waals surface area contributed by atoms with Crippen molar-refractivity contribution >= 4 is 17.1 Å². The van der Waals surface area contributed by atoms with Gasteiger partial charge in [0.05, 0.1) is 19.9 Å². The first kappa shape index (κ1) is 12.7. The lowest BCUT2D eigenvalue weighted by Crippen LogP contribution is -1.91. The van der Waals surface area contributed by atoms with Gasteiger partial charge in [-0.3, -0.25) is 0 Å². The zero-order valence-corrected chi connectivity index (χ0v) is 11.8. The number of benzene rings is 1. The van der Waals surface area contributed by atoms with Crippen molar-refractivity contribution < 1.29 is 9.47 Å². The van der Waals surface area contributed by atoms with Gasteiger partial charge in [0.2, 0.25) is 0 Å². The lowest BCUT2D eigenvalue weighted by Gasteiger charge is -2.08. The van der Waals surface area contributed by atoms with Crippen LogP contribution in [-0.4, -0.2) is 28.8 Å². The molecule has 0 aliphatic rings. The fraction of sp³-hybridized carbons (Fsp3) is 0.143. The van der Waals surface area contributed by atoms with Crippen LogP contribution >= 0.6 is 11.6 Å². The Morgan fingerprint density at radius 2 is 2.00 bits per heavy atom. The monoisotopic (exact) mass is 289 g/mol. The zero-order chi connectivity index (χ0) is 14.1. The van der Waals surface area contributed by atoms with Crippen LogP contribution in [0.15, 0.2) is 36.7 Å². The van der Waals surface area contributed by atoms with Gasteiger partial charge >= 0.3 is 0 Å². The predicted molar refractivity (Wildman–Crippen MR) is 76.5 cm³/mol. The highest BCUT2D eigenvalue weighted by Gasteiger charge is 2.13. The van der Waals surface area contributed by atoms with E-state index in [0.29, 0.717) is 5.15 Å². The molecule has 20 heavy (non-hydrogen) atoms. The molecule has 0 amide bonds. The molecule has 0 fully saturated rings. The van der Waals surface area contributed by atoms with Gasteiger partial charge in [-0.1, -0.05) is 11.6 Å². The normalized spacial score (nSPS) is 10.8. The van der Waals surface area contributed by atoms with Gasteiger partial charge in [-0.2, -0.15) is 5.10 Å². The van der Waals surface area contributed by atoms with Crippen molar-refractivity contribution in [3.63, 3.8) is 0 Å². The van der Waals surface area contributed by atoms with Gasteiger partial charge in [0.25, 0.3) is 0 Å². The summed E-state index contributed by atoms with van der Waals surface area (Å²) in [6, 6.07) is 7.43. The minimum absolute atomic E-state index is 0.410. The number of methoxy groups -OCH3 is 2. The van der Waals surface area contributed by atoms with E-state index in [2.05, 4.69) is 10.1 Å². The van der Waals surface area contributed by atoms with Crippen LogP contribution in [0, 0.1) is 0 Å². The van der Waals surface area contributed by atoms with Crippen LogP contribution in [0.2, 0.25) is 5.15 Å². The third-order valence-electron chi connectivity index (χ3n) is 3.03. The number of hydrogen-bond acceptors (Lipinski definition) is 4. The van der Waals surface area contributed by atoms with Gasteiger partial charge < -0.3 is 9.47 Å². The van der Waals surface area contributed by atoms with Crippen molar-refractivity contribution in [2.75, 3.05) is 14.2 Å². The Morgan fingerprint density at radius 1 is 1.15 bits per heavy atom. The Labute approximate surface area is 120 Å². The molecule has 0 saturated carbocycles. The minimum atomic E-state index is 0.410. The van der Waals surface area contributed by atoms with E-state index in [-0.39, 0.29) is 0 Å². The van der Waals surface area contributed by atoms with Crippen molar-refractivity contribution in [3.05, 3.63) is 41.8 Å². The second-order valence-electron chi connectivity index (χ2n) is 4.14. The summed E-state index contributed by atoms with van der Waals surface area (Å²) in [6.45, 7) is 0. The van der Waals surface area contributed by atoms with Crippen LogP contribution < -0.4 is 9.47 Å². The van der Waals surface area contributed by atoms with E-state index in [1.165, 1.54) is 0 Å². The average Bonchev–Trinajstić information content (AvgIpc) is 2.92. The molecule has 6 heteroatoms. The van der Waals surface area contributed by atoms with Crippen molar-refractivity contribution in [2.24, 2.45) is 0 Å². The highest BCUT2D eigenvalue weighted by atomic mass is 35.5. The summed E-state index contributed by atoms with van der Waals surface area (Å²) in [6.07, 6.45) is 3.35. The Morgan fingerprint density at radius 3 is 2.70 bits per heavy atom. The molecule has 0 bridgehead atoms.